The average Bonchev–Trinajstić information content (AvgIpc) is 3.13. The van der Waals surface area contributed by atoms with Crippen LogP contribution in [0.4, 0.5) is 0 Å². The summed E-state index contributed by atoms with van der Waals surface area (Å²) in [5, 5.41) is 9.06. The highest BCUT2D eigenvalue weighted by molar-refractivity contribution is 8.13. The average molecular weight is 336 g/mol. The molecule has 0 spiro atoms. The van der Waals surface area contributed by atoms with Gasteiger partial charge in [-0.1, -0.05) is 0 Å². The van der Waals surface area contributed by atoms with Crippen molar-refractivity contribution in [2.75, 3.05) is 13.2 Å². The summed E-state index contributed by atoms with van der Waals surface area (Å²) >= 11 is 0. The molecule has 2 rings (SSSR count). The largest absolute Gasteiger partial charge is 0.377 e. The van der Waals surface area contributed by atoms with Crippen molar-refractivity contribution in [3.63, 3.8) is 0 Å². The summed E-state index contributed by atoms with van der Waals surface area (Å²) in [7, 11) is 1.41. The van der Waals surface area contributed by atoms with E-state index >= 15 is 0 Å². The maximum atomic E-state index is 12.1. The SMILES string of the molecule is CCOC(C)CNC(=O)c1n[nH]c(C2CC2)c1S(=O)(=O)Cl. The summed E-state index contributed by atoms with van der Waals surface area (Å²) in [6.07, 6.45) is 1.56. The maximum Gasteiger partial charge on any atom is 0.273 e. The van der Waals surface area contributed by atoms with Crippen molar-refractivity contribution >= 4 is 25.6 Å². The van der Waals surface area contributed by atoms with Crippen LogP contribution in [0.3, 0.4) is 0 Å². The Kier molecular flexibility index (Phi) is 4.90. The van der Waals surface area contributed by atoms with Gasteiger partial charge in [-0.2, -0.15) is 5.10 Å². The Morgan fingerprint density at radius 1 is 1.57 bits per heavy atom. The molecular weight excluding hydrogens is 318 g/mol. The summed E-state index contributed by atoms with van der Waals surface area (Å²) in [5.41, 5.74) is 0.239. The van der Waals surface area contributed by atoms with E-state index in [0.29, 0.717) is 12.3 Å². The lowest BCUT2D eigenvalue weighted by Gasteiger charge is -2.12. The first-order valence-electron chi connectivity index (χ1n) is 6.77. The van der Waals surface area contributed by atoms with Gasteiger partial charge in [-0.15, -0.1) is 0 Å². The van der Waals surface area contributed by atoms with Gasteiger partial charge < -0.3 is 10.1 Å². The van der Waals surface area contributed by atoms with Gasteiger partial charge in [0.15, 0.2) is 5.69 Å². The molecule has 1 amide bonds. The van der Waals surface area contributed by atoms with Gasteiger partial charge >= 0.3 is 0 Å². The maximum absolute atomic E-state index is 12.1. The van der Waals surface area contributed by atoms with E-state index in [2.05, 4.69) is 15.5 Å². The van der Waals surface area contributed by atoms with Gasteiger partial charge in [0.25, 0.3) is 15.0 Å². The van der Waals surface area contributed by atoms with Crippen LogP contribution < -0.4 is 5.32 Å². The van der Waals surface area contributed by atoms with Crippen molar-refractivity contribution in [2.24, 2.45) is 0 Å². The Morgan fingerprint density at radius 2 is 2.24 bits per heavy atom. The first kappa shape index (κ1) is 16.3. The number of aromatic nitrogens is 2. The molecule has 1 saturated carbocycles. The summed E-state index contributed by atoms with van der Waals surface area (Å²) in [6.45, 7) is 4.46. The lowest BCUT2D eigenvalue weighted by Crippen LogP contribution is -2.33. The normalized spacial score (nSPS) is 16.7. The van der Waals surface area contributed by atoms with Crippen LogP contribution in [-0.4, -0.2) is 43.8 Å². The zero-order valence-electron chi connectivity index (χ0n) is 11.8. The van der Waals surface area contributed by atoms with Gasteiger partial charge in [0.2, 0.25) is 0 Å². The van der Waals surface area contributed by atoms with E-state index in [4.69, 9.17) is 15.4 Å². The molecule has 21 heavy (non-hydrogen) atoms. The Labute approximate surface area is 127 Å². The van der Waals surface area contributed by atoms with Crippen LogP contribution in [0.5, 0.6) is 0 Å². The molecule has 1 fully saturated rings. The summed E-state index contributed by atoms with van der Waals surface area (Å²) in [6, 6.07) is 0. The smallest absolute Gasteiger partial charge is 0.273 e. The molecular formula is C12H18ClN3O4S. The van der Waals surface area contributed by atoms with Crippen molar-refractivity contribution in [2.45, 2.75) is 43.6 Å². The predicted molar refractivity (Wildman–Crippen MR) is 77.0 cm³/mol. The number of nitrogens with zero attached hydrogens (tertiary/aromatic N) is 1. The van der Waals surface area contributed by atoms with E-state index < -0.39 is 15.0 Å². The Balaban J connectivity index is 2.17. The van der Waals surface area contributed by atoms with Crippen LogP contribution in [0.2, 0.25) is 0 Å². The number of carbonyl (C=O) groups excluding carboxylic acids is 1. The molecule has 1 heterocycles. The molecule has 1 aliphatic carbocycles. The zero-order chi connectivity index (χ0) is 15.6. The van der Waals surface area contributed by atoms with E-state index in [1.54, 1.807) is 0 Å². The fraction of sp³-hybridized carbons (Fsp3) is 0.667. The Morgan fingerprint density at radius 3 is 2.76 bits per heavy atom. The van der Waals surface area contributed by atoms with Crippen molar-refractivity contribution in [1.82, 2.24) is 15.5 Å². The van der Waals surface area contributed by atoms with E-state index in [-0.39, 0.29) is 29.2 Å². The molecule has 1 atom stereocenters. The number of carbonyl (C=O) groups is 1. The lowest BCUT2D eigenvalue weighted by atomic mass is 10.2. The van der Waals surface area contributed by atoms with Crippen LogP contribution in [0.15, 0.2) is 4.90 Å². The lowest BCUT2D eigenvalue weighted by molar-refractivity contribution is 0.0692. The number of aromatic amines is 1. The molecule has 1 aromatic rings. The molecule has 118 valence electrons. The molecule has 0 aliphatic heterocycles. The van der Waals surface area contributed by atoms with Gasteiger partial charge in [0.1, 0.15) is 4.90 Å². The van der Waals surface area contributed by atoms with Crippen LogP contribution in [-0.2, 0) is 13.8 Å². The quantitative estimate of drug-likeness (QED) is 0.733. The standard InChI is InChI=1S/C12H18ClN3O4S/c1-3-20-7(2)6-14-12(17)10-11(21(13,18)19)9(15-16-10)8-4-5-8/h7-8H,3-6H2,1-2H3,(H,14,17)(H,15,16). The minimum atomic E-state index is -4.03. The molecule has 0 aromatic carbocycles. The van der Waals surface area contributed by atoms with E-state index in [1.165, 1.54) is 0 Å². The third kappa shape index (κ3) is 3.96. The van der Waals surface area contributed by atoms with Crippen LogP contribution >= 0.6 is 10.7 Å². The number of H-pyrrole nitrogens is 1. The van der Waals surface area contributed by atoms with Crippen molar-refractivity contribution in [3.8, 4) is 0 Å². The second kappa shape index (κ2) is 6.33. The second-order valence-electron chi connectivity index (χ2n) is 5.00. The number of rotatable bonds is 7. The molecule has 9 heteroatoms. The van der Waals surface area contributed by atoms with Gasteiger partial charge in [0, 0.05) is 29.8 Å². The van der Waals surface area contributed by atoms with E-state index in [9.17, 15) is 13.2 Å². The molecule has 0 saturated heterocycles. The van der Waals surface area contributed by atoms with Crippen LogP contribution in [0, 0.1) is 0 Å². The zero-order valence-corrected chi connectivity index (χ0v) is 13.4. The van der Waals surface area contributed by atoms with Gasteiger partial charge in [0.05, 0.1) is 11.8 Å². The second-order valence-corrected chi connectivity index (χ2v) is 7.51. The number of hydrogen-bond acceptors (Lipinski definition) is 5. The molecule has 2 N–H and O–H groups in total. The number of amides is 1. The van der Waals surface area contributed by atoms with E-state index in [0.717, 1.165) is 12.8 Å². The predicted octanol–water partition coefficient (Wildman–Crippen LogP) is 1.37. The molecule has 1 aromatic heterocycles. The molecule has 1 unspecified atom stereocenters. The highest BCUT2D eigenvalue weighted by atomic mass is 35.7. The highest BCUT2D eigenvalue weighted by Gasteiger charge is 2.36. The van der Waals surface area contributed by atoms with Gasteiger partial charge in [-0.3, -0.25) is 9.89 Å². The molecule has 0 bridgehead atoms. The monoisotopic (exact) mass is 335 g/mol. The Hall–Kier alpha value is -1.12. The number of hydrogen-bond donors (Lipinski definition) is 2. The third-order valence-corrected chi connectivity index (χ3v) is 4.56. The summed E-state index contributed by atoms with van der Waals surface area (Å²) in [4.78, 5) is 11.9. The van der Waals surface area contributed by atoms with Crippen LogP contribution in [0.25, 0.3) is 0 Å². The van der Waals surface area contributed by atoms with E-state index in [1.807, 2.05) is 13.8 Å². The first-order valence-corrected chi connectivity index (χ1v) is 9.08. The fourth-order valence-corrected chi connectivity index (χ4v) is 3.37. The van der Waals surface area contributed by atoms with Gasteiger partial charge in [-0.25, -0.2) is 8.42 Å². The van der Waals surface area contributed by atoms with Crippen molar-refractivity contribution in [1.29, 1.82) is 0 Å². The fourth-order valence-electron chi connectivity index (χ4n) is 2.06. The van der Waals surface area contributed by atoms with Crippen molar-refractivity contribution < 1.29 is 17.9 Å². The minimum absolute atomic E-state index is 0.0879. The molecule has 1 aliphatic rings. The van der Waals surface area contributed by atoms with Crippen molar-refractivity contribution in [3.05, 3.63) is 11.4 Å². The topological polar surface area (TPSA) is 101 Å². The minimum Gasteiger partial charge on any atom is -0.377 e. The highest BCUT2D eigenvalue weighted by Crippen LogP contribution is 2.43. The van der Waals surface area contributed by atoms with Gasteiger partial charge in [-0.05, 0) is 26.7 Å². The molecule has 7 nitrogen and oxygen atoms in total. The number of halogens is 1. The number of ether oxygens (including phenoxy) is 1. The molecule has 0 radical (unpaired) electrons. The number of nitrogens with one attached hydrogen (secondary N) is 2. The van der Waals surface area contributed by atoms with Crippen LogP contribution in [0.1, 0.15) is 48.8 Å². The summed E-state index contributed by atoms with van der Waals surface area (Å²) < 4.78 is 28.7. The Bertz CT molecular complexity index is 624. The third-order valence-electron chi connectivity index (χ3n) is 3.19. The first-order chi connectivity index (χ1) is 9.84. The summed E-state index contributed by atoms with van der Waals surface area (Å²) in [5.74, 6) is -0.492.